The fourth-order valence-electron chi connectivity index (χ4n) is 2.54. The summed E-state index contributed by atoms with van der Waals surface area (Å²) < 4.78 is 0. The lowest BCUT2D eigenvalue weighted by Gasteiger charge is -2.23. The summed E-state index contributed by atoms with van der Waals surface area (Å²) in [6.45, 7) is 5.59. The minimum absolute atomic E-state index is 0.0385. The maximum absolute atomic E-state index is 12.3. The zero-order valence-corrected chi connectivity index (χ0v) is 15.5. The third kappa shape index (κ3) is 4.46. The van der Waals surface area contributed by atoms with Gasteiger partial charge in [0.1, 0.15) is 11.5 Å². The number of phenolic OH excluding ortho intramolecular Hbond substituents is 1. The monoisotopic (exact) mass is 376 g/mol. The Balaban J connectivity index is 2.33. The average Bonchev–Trinajstić information content (AvgIpc) is 2.51. The highest BCUT2D eigenvalue weighted by atomic mass is 35.5. The second kappa shape index (κ2) is 7.25. The Morgan fingerprint density at radius 3 is 2.38 bits per heavy atom. The molecular weight excluding hydrogens is 356 g/mol. The van der Waals surface area contributed by atoms with Crippen molar-refractivity contribution in [3.05, 3.63) is 52.0 Å². The Kier molecular flexibility index (Phi) is 5.47. The molecule has 0 aliphatic heterocycles. The summed E-state index contributed by atoms with van der Waals surface area (Å²) in [6, 6.07) is 7.35. The lowest BCUT2D eigenvalue weighted by molar-refractivity contribution is -0.115. The van der Waals surface area contributed by atoms with E-state index in [0.29, 0.717) is 21.8 Å². The first-order chi connectivity index (χ1) is 12.0. The van der Waals surface area contributed by atoms with Gasteiger partial charge in [-0.25, -0.2) is 0 Å². The number of aromatic hydroxyl groups is 2. The van der Waals surface area contributed by atoms with Gasteiger partial charge in [0.2, 0.25) is 5.91 Å². The van der Waals surface area contributed by atoms with Crippen LogP contribution >= 0.6 is 11.6 Å². The predicted octanol–water partition coefficient (Wildman–Crippen LogP) is 3.33. The third-order valence-corrected chi connectivity index (χ3v) is 4.09. The number of phenols is 2. The van der Waals surface area contributed by atoms with Crippen LogP contribution in [0, 0.1) is 0 Å². The number of rotatable bonds is 4. The molecule has 0 unspecified atom stereocenters. The van der Waals surface area contributed by atoms with Crippen LogP contribution in [0.5, 0.6) is 11.5 Å². The molecule has 0 saturated heterocycles. The number of nitrogens with one attached hydrogen (secondary N) is 1. The van der Waals surface area contributed by atoms with Gasteiger partial charge in [-0.15, -0.1) is 0 Å². The zero-order valence-electron chi connectivity index (χ0n) is 14.8. The van der Waals surface area contributed by atoms with Gasteiger partial charge in [0, 0.05) is 21.8 Å². The standard InChI is InChI=1S/C19H21ClN2O4/c1-19(2,3)14-9-12(8-13(17(14)25)18(21)26)22-16(24)7-10-6-11(20)4-5-15(10)23/h4-6,8-9,23,25H,7H2,1-3H3,(H2,21,26)(H,22,24). The second-order valence-corrected chi connectivity index (χ2v) is 7.47. The van der Waals surface area contributed by atoms with E-state index in [4.69, 9.17) is 17.3 Å². The smallest absolute Gasteiger partial charge is 0.252 e. The summed E-state index contributed by atoms with van der Waals surface area (Å²) in [6.07, 6.45) is -0.107. The van der Waals surface area contributed by atoms with Gasteiger partial charge >= 0.3 is 0 Å². The van der Waals surface area contributed by atoms with Crippen molar-refractivity contribution < 1.29 is 19.8 Å². The van der Waals surface area contributed by atoms with E-state index in [1.165, 1.54) is 24.3 Å². The first-order valence-corrected chi connectivity index (χ1v) is 8.31. The van der Waals surface area contributed by atoms with E-state index in [-0.39, 0.29) is 23.5 Å². The Bertz CT molecular complexity index is 873. The number of anilines is 1. The van der Waals surface area contributed by atoms with E-state index < -0.39 is 17.2 Å². The molecular formula is C19H21ClN2O4. The number of hydrogen-bond acceptors (Lipinski definition) is 4. The van der Waals surface area contributed by atoms with Crippen LogP contribution < -0.4 is 11.1 Å². The van der Waals surface area contributed by atoms with Crippen LogP contribution in [-0.4, -0.2) is 22.0 Å². The largest absolute Gasteiger partial charge is 0.508 e. The molecule has 0 heterocycles. The highest BCUT2D eigenvalue weighted by Crippen LogP contribution is 2.36. The van der Waals surface area contributed by atoms with Crippen LogP contribution in [0.4, 0.5) is 5.69 Å². The van der Waals surface area contributed by atoms with Crippen molar-refractivity contribution in [1.82, 2.24) is 0 Å². The van der Waals surface area contributed by atoms with Crippen molar-refractivity contribution in [3.8, 4) is 11.5 Å². The van der Waals surface area contributed by atoms with Gasteiger partial charge in [-0.2, -0.15) is 0 Å². The average molecular weight is 377 g/mol. The van der Waals surface area contributed by atoms with Gasteiger partial charge in [-0.3, -0.25) is 9.59 Å². The Morgan fingerprint density at radius 1 is 1.15 bits per heavy atom. The SMILES string of the molecule is CC(C)(C)c1cc(NC(=O)Cc2cc(Cl)ccc2O)cc(C(N)=O)c1O. The van der Waals surface area contributed by atoms with E-state index in [1.54, 1.807) is 6.07 Å². The summed E-state index contributed by atoms with van der Waals surface area (Å²) >= 11 is 5.88. The lowest BCUT2D eigenvalue weighted by atomic mass is 9.84. The van der Waals surface area contributed by atoms with Crippen molar-refractivity contribution in [2.45, 2.75) is 32.6 Å². The summed E-state index contributed by atoms with van der Waals surface area (Å²) in [5.74, 6) is -1.45. The van der Waals surface area contributed by atoms with E-state index >= 15 is 0 Å². The third-order valence-electron chi connectivity index (χ3n) is 3.86. The first kappa shape index (κ1) is 19.6. The molecule has 2 aromatic rings. The van der Waals surface area contributed by atoms with Crippen molar-refractivity contribution in [2.24, 2.45) is 5.73 Å². The summed E-state index contributed by atoms with van der Waals surface area (Å²) in [5.41, 5.74) is 5.97. The first-order valence-electron chi connectivity index (χ1n) is 7.93. The van der Waals surface area contributed by atoms with Gasteiger partial charge in [0.05, 0.1) is 12.0 Å². The van der Waals surface area contributed by atoms with Crippen LogP contribution in [0.1, 0.15) is 42.3 Å². The number of primary amides is 1. The van der Waals surface area contributed by atoms with Gasteiger partial charge in [-0.05, 0) is 35.7 Å². The predicted molar refractivity (Wildman–Crippen MR) is 101 cm³/mol. The Hall–Kier alpha value is -2.73. The van der Waals surface area contributed by atoms with Crippen LogP contribution in [0.25, 0.3) is 0 Å². The Morgan fingerprint density at radius 2 is 1.81 bits per heavy atom. The quantitative estimate of drug-likeness (QED) is 0.613. The van der Waals surface area contributed by atoms with Crippen LogP contribution in [-0.2, 0) is 16.6 Å². The van der Waals surface area contributed by atoms with Gasteiger partial charge in [0.15, 0.2) is 0 Å². The maximum atomic E-state index is 12.3. The van der Waals surface area contributed by atoms with Gasteiger partial charge in [0.25, 0.3) is 5.91 Å². The fourth-order valence-corrected chi connectivity index (χ4v) is 2.73. The molecule has 0 aliphatic rings. The second-order valence-electron chi connectivity index (χ2n) is 7.03. The number of carbonyl (C=O) groups is 2. The van der Waals surface area contributed by atoms with Crippen LogP contribution in [0.3, 0.4) is 0 Å². The number of carbonyl (C=O) groups excluding carboxylic acids is 2. The number of halogens is 1. The summed E-state index contributed by atoms with van der Waals surface area (Å²) in [4.78, 5) is 23.9. The van der Waals surface area contributed by atoms with Gasteiger partial charge in [-0.1, -0.05) is 32.4 Å². The number of hydrogen-bond donors (Lipinski definition) is 4. The van der Waals surface area contributed by atoms with Crippen molar-refractivity contribution in [2.75, 3.05) is 5.32 Å². The minimum Gasteiger partial charge on any atom is -0.508 e. The highest BCUT2D eigenvalue weighted by Gasteiger charge is 2.23. The highest BCUT2D eigenvalue weighted by molar-refractivity contribution is 6.30. The lowest BCUT2D eigenvalue weighted by Crippen LogP contribution is -2.19. The van der Waals surface area contributed by atoms with E-state index in [1.807, 2.05) is 20.8 Å². The number of nitrogens with two attached hydrogens (primary N) is 1. The molecule has 0 bridgehead atoms. The fraction of sp³-hybridized carbons (Fsp3) is 0.263. The summed E-state index contributed by atoms with van der Waals surface area (Å²) in [5, 5.41) is 23.2. The molecule has 0 fully saturated rings. The molecule has 26 heavy (non-hydrogen) atoms. The van der Waals surface area contributed by atoms with Crippen molar-refractivity contribution in [1.29, 1.82) is 0 Å². The number of benzene rings is 2. The molecule has 5 N–H and O–H groups in total. The van der Waals surface area contributed by atoms with Crippen LogP contribution in [0.15, 0.2) is 30.3 Å². The summed E-state index contributed by atoms with van der Waals surface area (Å²) in [7, 11) is 0. The molecule has 0 radical (unpaired) electrons. The number of amides is 2. The molecule has 0 atom stereocenters. The van der Waals surface area contributed by atoms with E-state index in [2.05, 4.69) is 5.32 Å². The van der Waals surface area contributed by atoms with E-state index in [9.17, 15) is 19.8 Å². The Labute approximate surface area is 156 Å². The topological polar surface area (TPSA) is 113 Å². The molecule has 7 heteroatoms. The molecule has 0 aromatic heterocycles. The molecule has 0 aliphatic carbocycles. The molecule has 138 valence electrons. The van der Waals surface area contributed by atoms with Crippen LogP contribution in [0.2, 0.25) is 5.02 Å². The van der Waals surface area contributed by atoms with Crippen molar-refractivity contribution >= 4 is 29.1 Å². The maximum Gasteiger partial charge on any atom is 0.252 e. The molecule has 0 saturated carbocycles. The molecule has 2 aromatic carbocycles. The minimum atomic E-state index is -0.795. The van der Waals surface area contributed by atoms with Gasteiger partial charge < -0.3 is 21.3 Å². The molecule has 2 rings (SSSR count). The molecule has 0 spiro atoms. The van der Waals surface area contributed by atoms with E-state index in [0.717, 1.165) is 0 Å². The normalized spacial score (nSPS) is 11.2. The zero-order chi connectivity index (χ0) is 19.6. The molecule has 6 nitrogen and oxygen atoms in total. The molecule has 2 amide bonds. The van der Waals surface area contributed by atoms with Crippen molar-refractivity contribution in [3.63, 3.8) is 0 Å².